The Bertz CT molecular complexity index is 735. The van der Waals surface area contributed by atoms with Crippen molar-refractivity contribution in [1.29, 1.82) is 0 Å². The van der Waals surface area contributed by atoms with E-state index in [1.807, 2.05) is 4.90 Å². The fourth-order valence-electron chi connectivity index (χ4n) is 3.56. The lowest BCUT2D eigenvalue weighted by Gasteiger charge is -2.38. The molecule has 1 fully saturated rings. The lowest BCUT2D eigenvalue weighted by atomic mass is 9.83. The van der Waals surface area contributed by atoms with Gasteiger partial charge in [-0.1, -0.05) is 45.0 Å². The second-order valence-corrected chi connectivity index (χ2v) is 8.07. The van der Waals surface area contributed by atoms with Gasteiger partial charge in [0, 0.05) is 31.1 Å². The SMILES string of the molecule is CC(C)(C)c1ccc(C2CC(N)CN(c3cc(F)ccc3F)C2)cc1. The third-order valence-corrected chi connectivity index (χ3v) is 4.98. The van der Waals surface area contributed by atoms with Crippen LogP contribution < -0.4 is 10.6 Å². The quantitative estimate of drug-likeness (QED) is 0.864. The van der Waals surface area contributed by atoms with Crippen LogP contribution in [0, 0.1) is 11.6 Å². The normalized spacial score (nSPS) is 21.4. The zero-order valence-corrected chi connectivity index (χ0v) is 15.1. The smallest absolute Gasteiger partial charge is 0.146 e. The summed E-state index contributed by atoms with van der Waals surface area (Å²) in [6.07, 6.45) is 0.850. The molecule has 1 aliphatic rings. The standard InChI is InChI=1S/C21H26F2N2/c1-21(2,3)16-6-4-14(5-7-16)15-10-18(24)13-25(12-15)20-11-17(22)8-9-19(20)23/h4-9,11,15,18H,10,12-13,24H2,1-3H3. The third kappa shape index (κ3) is 4.01. The maximum absolute atomic E-state index is 14.1. The van der Waals surface area contributed by atoms with Crippen LogP contribution in [-0.2, 0) is 5.41 Å². The predicted molar refractivity (Wildman–Crippen MR) is 99.0 cm³/mol. The highest BCUT2D eigenvalue weighted by Gasteiger charge is 2.28. The van der Waals surface area contributed by atoms with Crippen LogP contribution in [0.25, 0.3) is 0 Å². The van der Waals surface area contributed by atoms with Crippen molar-refractivity contribution in [2.24, 2.45) is 5.73 Å². The molecule has 0 saturated carbocycles. The Morgan fingerprint density at radius 2 is 1.68 bits per heavy atom. The third-order valence-electron chi connectivity index (χ3n) is 4.98. The van der Waals surface area contributed by atoms with Gasteiger partial charge < -0.3 is 10.6 Å². The maximum Gasteiger partial charge on any atom is 0.146 e. The van der Waals surface area contributed by atoms with E-state index >= 15 is 0 Å². The number of anilines is 1. The summed E-state index contributed by atoms with van der Waals surface area (Å²) in [5.74, 6) is -0.626. The molecule has 0 aliphatic carbocycles. The van der Waals surface area contributed by atoms with Crippen molar-refractivity contribution in [3.8, 4) is 0 Å². The van der Waals surface area contributed by atoms with Gasteiger partial charge in [0.25, 0.3) is 0 Å². The highest BCUT2D eigenvalue weighted by molar-refractivity contribution is 5.49. The molecule has 0 bridgehead atoms. The molecule has 1 heterocycles. The van der Waals surface area contributed by atoms with Gasteiger partial charge in [-0.2, -0.15) is 0 Å². The Balaban J connectivity index is 1.84. The highest BCUT2D eigenvalue weighted by atomic mass is 19.1. The van der Waals surface area contributed by atoms with Crippen molar-refractivity contribution in [1.82, 2.24) is 0 Å². The number of nitrogens with zero attached hydrogens (tertiary/aromatic N) is 1. The van der Waals surface area contributed by atoms with E-state index in [1.54, 1.807) is 0 Å². The van der Waals surface area contributed by atoms with Crippen molar-refractivity contribution < 1.29 is 8.78 Å². The van der Waals surface area contributed by atoms with Crippen molar-refractivity contribution in [2.45, 2.75) is 44.6 Å². The minimum Gasteiger partial charge on any atom is -0.367 e. The van der Waals surface area contributed by atoms with E-state index in [9.17, 15) is 8.78 Å². The minimum atomic E-state index is -0.429. The Morgan fingerprint density at radius 3 is 2.32 bits per heavy atom. The Morgan fingerprint density at radius 1 is 1.00 bits per heavy atom. The lowest BCUT2D eigenvalue weighted by molar-refractivity contribution is 0.447. The summed E-state index contributed by atoms with van der Waals surface area (Å²) in [5, 5.41) is 0. The molecule has 2 aromatic rings. The largest absolute Gasteiger partial charge is 0.367 e. The van der Waals surface area contributed by atoms with E-state index in [4.69, 9.17) is 5.73 Å². The van der Waals surface area contributed by atoms with Crippen LogP contribution in [0.5, 0.6) is 0 Å². The first kappa shape index (κ1) is 17.9. The molecule has 2 atom stereocenters. The monoisotopic (exact) mass is 344 g/mol. The Kier molecular flexibility index (Phi) is 4.83. The first-order valence-electron chi connectivity index (χ1n) is 8.80. The molecule has 2 N–H and O–H groups in total. The Hall–Kier alpha value is -1.94. The number of piperidine rings is 1. The molecule has 25 heavy (non-hydrogen) atoms. The summed E-state index contributed by atoms with van der Waals surface area (Å²) in [6, 6.07) is 12.1. The van der Waals surface area contributed by atoms with Gasteiger partial charge in [-0.15, -0.1) is 0 Å². The van der Waals surface area contributed by atoms with Gasteiger partial charge in [0.05, 0.1) is 5.69 Å². The molecule has 2 nitrogen and oxygen atoms in total. The first-order valence-corrected chi connectivity index (χ1v) is 8.80. The van der Waals surface area contributed by atoms with E-state index in [1.165, 1.54) is 23.3 Å². The van der Waals surface area contributed by atoms with E-state index in [2.05, 4.69) is 45.0 Å². The van der Waals surface area contributed by atoms with Crippen LogP contribution in [0.3, 0.4) is 0 Å². The van der Waals surface area contributed by atoms with Crippen LogP contribution in [0.4, 0.5) is 14.5 Å². The molecule has 0 amide bonds. The molecule has 1 aliphatic heterocycles. The van der Waals surface area contributed by atoms with Crippen LogP contribution in [-0.4, -0.2) is 19.1 Å². The summed E-state index contributed by atoms with van der Waals surface area (Å²) in [5.41, 5.74) is 9.11. The molecule has 4 heteroatoms. The zero-order valence-electron chi connectivity index (χ0n) is 15.1. The van der Waals surface area contributed by atoms with Crippen molar-refractivity contribution in [3.05, 3.63) is 65.2 Å². The first-order chi connectivity index (χ1) is 11.7. The average molecular weight is 344 g/mol. The van der Waals surface area contributed by atoms with E-state index in [-0.39, 0.29) is 17.4 Å². The molecule has 1 saturated heterocycles. The number of hydrogen-bond acceptors (Lipinski definition) is 2. The van der Waals surface area contributed by atoms with E-state index < -0.39 is 11.6 Å². The van der Waals surface area contributed by atoms with Gasteiger partial charge in [0.2, 0.25) is 0 Å². The van der Waals surface area contributed by atoms with Crippen molar-refractivity contribution in [2.75, 3.05) is 18.0 Å². The van der Waals surface area contributed by atoms with Gasteiger partial charge >= 0.3 is 0 Å². The molecule has 2 unspecified atom stereocenters. The highest BCUT2D eigenvalue weighted by Crippen LogP contribution is 2.32. The zero-order chi connectivity index (χ0) is 18.2. The van der Waals surface area contributed by atoms with Crippen molar-refractivity contribution in [3.63, 3.8) is 0 Å². The summed E-state index contributed by atoms with van der Waals surface area (Å²) < 4.78 is 27.7. The number of nitrogens with two attached hydrogens (primary N) is 1. The molecule has 134 valence electrons. The summed E-state index contributed by atoms with van der Waals surface area (Å²) >= 11 is 0. The summed E-state index contributed by atoms with van der Waals surface area (Å²) in [4.78, 5) is 1.87. The van der Waals surface area contributed by atoms with Gasteiger partial charge in [-0.25, -0.2) is 8.78 Å². The van der Waals surface area contributed by atoms with Gasteiger partial charge in [-0.05, 0) is 35.1 Å². The van der Waals surface area contributed by atoms with Crippen LogP contribution in [0.1, 0.15) is 44.2 Å². The number of halogens is 2. The molecular formula is C21H26F2N2. The van der Waals surface area contributed by atoms with Gasteiger partial charge in [-0.3, -0.25) is 0 Å². The van der Waals surface area contributed by atoms with E-state index in [0.717, 1.165) is 12.5 Å². The fraction of sp³-hybridized carbons (Fsp3) is 0.429. The number of hydrogen-bond donors (Lipinski definition) is 1. The van der Waals surface area contributed by atoms with E-state index in [0.29, 0.717) is 18.8 Å². The van der Waals surface area contributed by atoms with Gasteiger partial charge in [0.1, 0.15) is 11.6 Å². The number of rotatable bonds is 2. The molecule has 0 spiro atoms. The fourth-order valence-corrected chi connectivity index (χ4v) is 3.56. The number of benzene rings is 2. The maximum atomic E-state index is 14.1. The van der Waals surface area contributed by atoms with Gasteiger partial charge in [0.15, 0.2) is 0 Å². The van der Waals surface area contributed by atoms with Crippen LogP contribution in [0.2, 0.25) is 0 Å². The molecular weight excluding hydrogens is 318 g/mol. The average Bonchev–Trinajstić information content (AvgIpc) is 2.56. The molecule has 0 radical (unpaired) electrons. The molecule has 2 aromatic carbocycles. The van der Waals surface area contributed by atoms with Crippen molar-refractivity contribution >= 4 is 5.69 Å². The topological polar surface area (TPSA) is 29.3 Å². The van der Waals surface area contributed by atoms with Crippen LogP contribution >= 0.6 is 0 Å². The second kappa shape index (κ2) is 6.75. The molecule has 0 aromatic heterocycles. The summed E-state index contributed by atoms with van der Waals surface area (Å²) in [7, 11) is 0. The minimum absolute atomic E-state index is 0.0660. The van der Waals surface area contributed by atoms with Crippen LogP contribution in [0.15, 0.2) is 42.5 Å². The summed E-state index contributed by atoms with van der Waals surface area (Å²) in [6.45, 7) is 7.74. The second-order valence-electron chi connectivity index (χ2n) is 8.07. The lowest BCUT2D eigenvalue weighted by Crippen LogP contribution is -2.46. The Labute approximate surface area is 148 Å². The molecule has 3 rings (SSSR count). The predicted octanol–water partition coefficient (Wildman–Crippen LogP) is 4.58.